The maximum atomic E-state index is 12.7. The number of fused-ring (bicyclic) bond motifs is 3. The first-order chi connectivity index (χ1) is 23.9. The van der Waals surface area contributed by atoms with Crippen molar-refractivity contribution in [3.8, 4) is 22.3 Å². The first kappa shape index (κ1) is 34.6. The van der Waals surface area contributed by atoms with Crippen molar-refractivity contribution in [1.29, 1.82) is 0 Å². The third kappa shape index (κ3) is 6.91. The summed E-state index contributed by atoms with van der Waals surface area (Å²) < 4.78 is 69.2. The molecule has 256 valence electrons. The first-order valence-electron chi connectivity index (χ1n) is 16.3. The molecule has 3 heterocycles. The van der Waals surface area contributed by atoms with Crippen molar-refractivity contribution in [2.45, 2.75) is 36.5 Å². The Bertz CT molecular complexity index is 2400. The molecular formula is C39H36NO6S4+. The van der Waals surface area contributed by atoms with Gasteiger partial charge in [-0.3, -0.25) is 9.11 Å². The number of aryl methyl sites for hydroxylation is 1. The van der Waals surface area contributed by atoms with Gasteiger partial charge in [-0.05, 0) is 89.0 Å². The summed E-state index contributed by atoms with van der Waals surface area (Å²) in [6, 6.07) is 32.5. The quantitative estimate of drug-likeness (QED) is 0.0834. The van der Waals surface area contributed by atoms with Crippen molar-refractivity contribution >= 4 is 65.2 Å². The third-order valence-corrected chi connectivity index (χ3v) is 13.9. The number of quaternary nitrogens is 1. The lowest BCUT2D eigenvalue weighted by atomic mass is 10.00. The molecule has 50 heavy (non-hydrogen) atoms. The van der Waals surface area contributed by atoms with Crippen LogP contribution in [-0.2, 0) is 26.7 Å². The second-order valence-electron chi connectivity index (χ2n) is 12.7. The van der Waals surface area contributed by atoms with Crippen molar-refractivity contribution in [2.75, 3.05) is 12.3 Å². The summed E-state index contributed by atoms with van der Waals surface area (Å²) in [5.74, 6) is -0.310. The molecule has 1 saturated heterocycles. The van der Waals surface area contributed by atoms with Crippen molar-refractivity contribution < 1.29 is 25.9 Å². The van der Waals surface area contributed by atoms with E-state index in [1.165, 1.54) is 11.8 Å². The van der Waals surface area contributed by atoms with Gasteiger partial charge in [0, 0.05) is 21.7 Å². The van der Waals surface area contributed by atoms with Crippen molar-refractivity contribution in [2.24, 2.45) is 0 Å². The molecule has 7 nitrogen and oxygen atoms in total. The van der Waals surface area contributed by atoms with Crippen molar-refractivity contribution in [1.82, 2.24) is 4.48 Å². The van der Waals surface area contributed by atoms with Gasteiger partial charge in [-0.1, -0.05) is 90.5 Å². The third-order valence-electron chi connectivity index (χ3n) is 9.41. The zero-order valence-electron chi connectivity index (χ0n) is 27.3. The molecular weight excluding hydrogens is 707 g/mol. The Balaban J connectivity index is 1.22. The van der Waals surface area contributed by atoms with Gasteiger partial charge in [-0.15, -0.1) is 11.3 Å². The molecule has 2 N–H and O–H groups in total. The summed E-state index contributed by atoms with van der Waals surface area (Å²) in [5, 5.41) is 0.931. The Labute approximate surface area is 301 Å². The summed E-state index contributed by atoms with van der Waals surface area (Å²) in [4.78, 5) is 1.98. The molecule has 4 aromatic carbocycles. The van der Waals surface area contributed by atoms with Crippen LogP contribution in [0.3, 0.4) is 0 Å². The minimum absolute atomic E-state index is 0.0744. The van der Waals surface area contributed by atoms with Gasteiger partial charge in [0.25, 0.3) is 10.1 Å². The lowest BCUT2D eigenvalue weighted by molar-refractivity contribution is 0.204. The molecule has 2 atom stereocenters. The highest BCUT2D eigenvalue weighted by Crippen LogP contribution is 2.58. The molecule has 1 aromatic heterocycles. The molecule has 2 aliphatic heterocycles. The lowest BCUT2D eigenvalue weighted by Crippen LogP contribution is -2.66. The molecule has 2 unspecified atom stereocenters. The molecule has 0 aliphatic carbocycles. The van der Waals surface area contributed by atoms with E-state index >= 15 is 0 Å². The second kappa shape index (κ2) is 13.7. The molecule has 0 radical (unpaired) electrons. The summed E-state index contributed by atoms with van der Waals surface area (Å²) in [6.07, 6.45) is 9.13. The van der Waals surface area contributed by atoms with E-state index in [-0.39, 0.29) is 10.2 Å². The van der Waals surface area contributed by atoms with Crippen LogP contribution in [0.4, 0.5) is 5.69 Å². The van der Waals surface area contributed by atoms with E-state index in [1.807, 2.05) is 91.9 Å². The molecule has 5 aromatic rings. The van der Waals surface area contributed by atoms with Gasteiger partial charge in [0.15, 0.2) is 10.7 Å². The highest BCUT2D eigenvalue weighted by Gasteiger charge is 2.61. The zero-order valence-corrected chi connectivity index (χ0v) is 30.5. The number of benzene rings is 4. The fourth-order valence-electron chi connectivity index (χ4n) is 6.87. The van der Waals surface area contributed by atoms with Crippen LogP contribution in [0.25, 0.3) is 38.4 Å². The van der Waals surface area contributed by atoms with Crippen LogP contribution >= 0.6 is 23.1 Å². The molecule has 1 fully saturated rings. The molecule has 1 spiro atoms. The molecule has 2 aliphatic rings. The Kier molecular flexibility index (Phi) is 9.50. The van der Waals surface area contributed by atoms with Gasteiger partial charge < -0.3 is 0 Å². The average molecular weight is 743 g/mol. The number of nitrogens with zero attached hydrogens (tertiary/aromatic N) is 1. The maximum absolute atomic E-state index is 12.7. The van der Waals surface area contributed by atoms with E-state index in [1.54, 1.807) is 11.3 Å². The number of thioether (sulfide) groups is 1. The van der Waals surface area contributed by atoms with Gasteiger partial charge in [-0.25, -0.2) is 4.48 Å². The zero-order chi connectivity index (χ0) is 35.1. The summed E-state index contributed by atoms with van der Waals surface area (Å²) in [6.45, 7) is 2.55. The van der Waals surface area contributed by atoms with Crippen LogP contribution in [-0.4, -0.2) is 43.6 Å². The van der Waals surface area contributed by atoms with Crippen molar-refractivity contribution in [3.63, 3.8) is 0 Å². The average Bonchev–Trinajstić information content (AvgIpc) is 3.60. The summed E-state index contributed by atoms with van der Waals surface area (Å²) in [5.41, 5.74) is 7.05. The smallest absolute Gasteiger partial charge is 0.286 e. The molecule has 0 amide bonds. The normalized spacial score (nSPS) is 20.2. The number of hydrogen-bond acceptors (Lipinski definition) is 6. The largest absolute Gasteiger partial charge is 0.320 e. The fraction of sp³-hybridized carbons (Fsp3) is 0.179. The maximum Gasteiger partial charge on any atom is 0.320 e. The topological polar surface area (TPSA) is 109 Å². The van der Waals surface area contributed by atoms with E-state index in [2.05, 4.69) is 36.4 Å². The number of rotatable bonds is 10. The molecule has 0 bridgehead atoms. The Morgan fingerprint density at radius 2 is 1.52 bits per heavy atom. The molecule has 0 saturated carbocycles. The molecule has 11 heteroatoms. The van der Waals surface area contributed by atoms with E-state index in [4.69, 9.17) is 0 Å². The van der Waals surface area contributed by atoms with Crippen LogP contribution in [0.1, 0.15) is 30.2 Å². The summed E-state index contributed by atoms with van der Waals surface area (Å²) >= 11 is 3.17. The number of hydrogen-bond donors (Lipinski definition) is 2. The first-order valence-corrected chi connectivity index (χ1v) is 21.0. The highest BCUT2D eigenvalue weighted by molar-refractivity contribution is 8.03. The van der Waals surface area contributed by atoms with Gasteiger partial charge in [0.05, 0.1) is 23.6 Å². The van der Waals surface area contributed by atoms with Crippen LogP contribution in [0.5, 0.6) is 0 Å². The minimum Gasteiger partial charge on any atom is -0.286 e. The van der Waals surface area contributed by atoms with Gasteiger partial charge in [0.1, 0.15) is 0 Å². The summed E-state index contributed by atoms with van der Waals surface area (Å²) in [7, 11) is -8.40. The minimum atomic E-state index is -4.32. The van der Waals surface area contributed by atoms with Gasteiger partial charge in [-0.2, -0.15) is 16.8 Å². The van der Waals surface area contributed by atoms with Crippen LogP contribution in [0.15, 0.2) is 131 Å². The van der Waals surface area contributed by atoms with Gasteiger partial charge in [0.2, 0.25) is 5.37 Å². The van der Waals surface area contributed by atoms with E-state index < -0.39 is 25.6 Å². The number of allylic oxidation sites excluding steroid dienone is 4. The lowest BCUT2D eigenvalue weighted by Gasteiger charge is -2.47. The van der Waals surface area contributed by atoms with Crippen LogP contribution in [0.2, 0.25) is 0 Å². The predicted molar refractivity (Wildman–Crippen MR) is 207 cm³/mol. The van der Waals surface area contributed by atoms with E-state index in [0.29, 0.717) is 25.8 Å². The highest BCUT2D eigenvalue weighted by atomic mass is 32.2. The van der Waals surface area contributed by atoms with Gasteiger partial charge >= 0.3 is 10.1 Å². The fourth-order valence-corrected chi connectivity index (χ4v) is 11.1. The Morgan fingerprint density at radius 3 is 2.14 bits per heavy atom. The van der Waals surface area contributed by atoms with E-state index in [9.17, 15) is 25.9 Å². The second-order valence-corrected chi connectivity index (χ2v) is 18.0. The Hall–Kier alpha value is -3.81. The standard InChI is InChI=1S/C39H35NO6S4/c1-27(14-18-35-32(13-8-24-49(41,42)43)33-25-30(16-19-36(33)47-35)28-9-4-2-5-10-28)15-21-38-40(23-22-39(40)50(44,45)46)34-26-31(17-20-37(34)48-38)29-11-6-3-7-12-29/h2-7,9-12,14-21,25-26,39H,8,13,22-24H2,1H3,(H-,41,42,43,44,45,46)/p+1. The van der Waals surface area contributed by atoms with Crippen LogP contribution < -0.4 is 4.48 Å². The predicted octanol–water partition coefficient (Wildman–Crippen LogP) is 9.59. The SMILES string of the molecule is CC(C=Cc1sc2ccc(-c3ccccc3)cc2c1CCCS(=O)(=O)O)=CC=C1Sc2ccc(-c3ccccc3)cc2[N+]12CCC2S(=O)(=O)O. The van der Waals surface area contributed by atoms with Crippen LogP contribution in [0, 0.1) is 0 Å². The monoisotopic (exact) mass is 742 g/mol. The molecule has 7 rings (SSSR count). The Morgan fingerprint density at radius 1 is 0.860 bits per heavy atom. The van der Waals surface area contributed by atoms with Crippen molar-refractivity contribution in [3.05, 3.63) is 136 Å². The van der Waals surface area contributed by atoms with E-state index in [0.717, 1.165) is 64.0 Å². The number of thiophene rings is 1.